The van der Waals surface area contributed by atoms with Crippen molar-refractivity contribution in [1.82, 2.24) is 4.90 Å². The minimum Gasteiger partial charge on any atom is -0.493 e. The second-order valence-corrected chi connectivity index (χ2v) is 10.1. The van der Waals surface area contributed by atoms with E-state index in [2.05, 4.69) is 43.9 Å². The molecule has 1 saturated heterocycles. The highest BCUT2D eigenvalue weighted by atomic mass is 19.1. The lowest BCUT2D eigenvalue weighted by Gasteiger charge is -2.39. The number of halogens is 1. The SMILES string of the molecule is COC(=O)C1CN(CC2=C(C)c3ccc(OC[C@@H](Cc4ccc(F)cc4)C(C)C)cc3CC2)C1. The van der Waals surface area contributed by atoms with Gasteiger partial charge in [0.05, 0.1) is 19.6 Å². The van der Waals surface area contributed by atoms with Gasteiger partial charge >= 0.3 is 5.97 Å². The lowest BCUT2D eigenvalue weighted by atomic mass is 9.85. The molecule has 0 amide bonds. The second-order valence-electron chi connectivity index (χ2n) is 10.1. The van der Waals surface area contributed by atoms with Crippen molar-refractivity contribution < 1.29 is 18.7 Å². The lowest BCUT2D eigenvalue weighted by Crippen LogP contribution is -2.51. The van der Waals surface area contributed by atoms with Gasteiger partial charge in [-0.3, -0.25) is 9.69 Å². The van der Waals surface area contributed by atoms with Crippen molar-refractivity contribution in [2.45, 2.75) is 40.0 Å². The Labute approximate surface area is 202 Å². The van der Waals surface area contributed by atoms with Gasteiger partial charge in [-0.25, -0.2) is 4.39 Å². The van der Waals surface area contributed by atoms with E-state index in [4.69, 9.17) is 9.47 Å². The molecule has 0 bridgehead atoms. The topological polar surface area (TPSA) is 38.8 Å². The summed E-state index contributed by atoms with van der Waals surface area (Å²) in [7, 11) is 1.46. The Kier molecular flexibility index (Phi) is 7.72. The van der Waals surface area contributed by atoms with Crippen LogP contribution in [0, 0.1) is 23.6 Å². The molecule has 4 rings (SSSR count). The highest BCUT2D eigenvalue weighted by molar-refractivity contribution is 5.74. The van der Waals surface area contributed by atoms with Crippen LogP contribution in [0.3, 0.4) is 0 Å². The third-order valence-corrected chi connectivity index (χ3v) is 7.43. The number of likely N-dealkylation sites (tertiary alicyclic amines) is 1. The largest absolute Gasteiger partial charge is 0.493 e. The highest BCUT2D eigenvalue weighted by Gasteiger charge is 2.34. The van der Waals surface area contributed by atoms with E-state index in [1.807, 2.05) is 12.1 Å². The Morgan fingerprint density at radius 2 is 1.85 bits per heavy atom. The third kappa shape index (κ3) is 5.69. The number of esters is 1. The molecular weight excluding hydrogens is 429 g/mol. The zero-order valence-corrected chi connectivity index (χ0v) is 20.8. The molecule has 0 saturated carbocycles. The van der Waals surface area contributed by atoms with Gasteiger partial charge in [0.25, 0.3) is 0 Å². The normalized spacial score (nSPS) is 17.4. The van der Waals surface area contributed by atoms with Gasteiger partial charge in [0.1, 0.15) is 11.6 Å². The number of fused-ring (bicyclic) bond motifs is 1. The number of allylic oxidation sites excluding steroid dienone is 1. The summed E-state index contributed by atoms with van der Waals surface area (Å²) >= 11 is 0. The molecule has 2 aromatic rings. The lowest BCUT2D eigenvalue weighted by molar-refractivity contribution is -0.151. The predicted molar refractivity (Wildman–Crippen MR) is 133 cm³/mol. The van der Waals surface area contributed by atoms with Gasteiger partial charge in [0.2, 0.25) is 0 Å². The fourth-order valence-corrected chi connectivity index (χ4v) is 4.99. The van der Waals surface area contributed by atoms with Gasteiger partial charge in [-0.2, -0.15) is 0 Å². The molecule has 2 aromatic carbocycles. The number of hydrogen-bond acceptors (Lipinski definition) is 4. The molecule has 1 heterocycles. The maximum absolute atomic E-state index is 13.2. The number of benzene rings is 2. The van der Waals surface area contributed by atoms with Crippen LogP contribution in [0.2, 0.25) is 0 Å². The zero-order valence-electron chi connectivity index (χ0n) is 20.8. The minimum atomic E-state index is -0.196. The monoisotopic (exact) mass is 465 g/mol. The number of hydrogen-bond donors (Lipinski definition) is 0. The van der Waals surface area contributed by atoms with Crippen molar-refractivity contribution in [1.29, 1.82) is 0 Å². The summed E-state index contributed by atoms with van der Waals surface area (Å²) in [4.78, 5) is 14.0. The maximum atomic E-state index is 13.2. The number of methoxy groups -OCH3 is 1. The van der Waals surface area contributed by atoms with Gasteiger partial charge in [0, 0.05) is 19.6 Å². The summed E-state index contributed by atoms with van der Waals surface area (Å²) in [6, 6.07) is 13.3. The Morgan fingerprint density at radius 3 is 2.53 bits per heavy atom. The summed E-state index contributed by atoms with van der Waals surface area (Å²) in [5.41, 5.74) is 6.61. The molecule has 34 heavy (non-hydrogen) atoms. The first kappa shape index (κ1) is 24.5. The third-order valence-electron chi connectivity index (χ3n) is 7.43. The first-order chi connectivity index (χ1) is 16.3. The zero-order chi connectivity index (χ0) is 24.2. The van der Waals surface area contributed by atoms with Crippen molar-refractivity contribution in [3.63, 3.8) is 0 Å². The fourth-order valence-electron chi connectivity index (χ4n) is 4.99. The quantitative estimate of drug-likeness (QED) is 0.456. The van der Waals surface area contributed by atoms with Crippen LogP contribution in [0.25, 0.3) is 5.57 Å². The summed E-state index contributed by atoms with van der Waals surface area (Å²) in [5.74, 6) is 1.48. The molecule has 2 aliphatic rings. The van der Waals surface area contributed by atoms with Crippen LogP contribution in [-0.4, -0.2) is 44.2 Å². The average Bonchev–Trinajstić information content (AvgIpc) is 2.80. The van der Waals surface area contributed by atoms with Crippen LogP contribution in [0.1, 0.15) is 43.9 Å². The molecule has 1 aliphatic carbocycles. The van der Waals surface area contributed by atoms with Gasteiger partial charge in [-0.05, 0) is 84.6 Å². The van der Waals surface area contributed by atoms with Crippen LogP contribution in [0.15, 0.2) is 48.0 Å². The summed E-state index contributed by atoms with van der Waals surface area (Å²) in [6.45, 7) is 9.79. The van der Waals surface area contributed by atoms with E-state index >= 15 is 0 Å². The van der Waals surface area contributed by atoms with Crippen molar-refractivity contribution in [3.8, 4) is 5.75 Å². The smallest absolute Gasteiger partial charge is 0.311 e. The predicted octanol–water partition coefficient (Wildman–Crippen LogP) is 5.54. The molecule has 0 aromatic heterocycles. The standard InChI is InChI=1S/C29H36FNO3/c1-19(2)24(13-21-5-9-26(30)10-6-21)18-34-27-11-12-28-20(3)23(8-7-22(28)14-27)15-31-16-25(17-31)29(32)33-4/h5-6,9-12,14,19,24-25H,7-8,13,15-18H2,1-4H3/t24-/m1/s1. The number of carbonyl (C=O) groups is 1. The minimum absolute atomic E-state index is 0.0270. The number of rotatable bonds is 9. The Balaban J connectivity index is 1.36. The van der Waals surface area contributed by atoms with Crippen LogP contribution in [-0.2, 0) is 22.4 Å². The van der Waals surface area contributed by atoms with Crippen molar-refractivity contribution in [2.75, 3.05) is 33.4 Å². The summed E-state index contributed by atoms with van der Waals surface area (Å²) in [5, 5.41) is 0. The van der Waals surface area contributed by atoms with Gasteiger partial charge < -0.3 is 9.47 Å². The van der Waals surface area contributed by atoms with Crippen molar-refractivity contribution in [3.05, 3.63) is 70.5 Å². The Morgan fingerprint density at radius 1 is 1.12 bits per heavy atom. The molecule has 1 fully saturated rings. The van der Waals surface area contributed by atoms with E-state index in [1.54, 1.807) is 0 Å². The molecule has 1 aliphatic heterocycles. The van der Waals surface area contributed by atoms with E-state index in [0.29, 0.717) is 18.4 Å². The molecular formula is C29H36FNO3. The molecule has 5 heteroatoms. The van der Waals surface area contributed by atoms with Crippen molar-refractivity contribution in [2.24, 2.45) is 17.8 Å². The van der Waals surface area contributed by atoms with Crippen LogP contribution in [0.4, 0.5) is 4.39 Å². The van der Waals surface area contributed by atoms with Gasteiger partial charge in [0.15, 0.2) is 0 Å². The Bertz CT molecular complexity index is 1040. The van der Waals surface area contributed by atoms with E-state index < -0.39 is 0 Å². The first-order valence-electron chi connectivity index (χ1n) is 12.3. The highest BCUT2D eigenvalue weighted by Crippen LogP contribution is 2.35. The molecule has 0 N–H and O–H groups in total. The Hall–Kier alpha value is -2.66. The molecule has 0 radical (unpaired) electrons. The fraction of sp³-hybridized carbons (Fsp3) is 0.483. The van der Waals surface area contributed by atoms with E-state index in [1.165, 1.54) is 41.5 Å². The molecule has 0 spiro atoms. The second kappa shape index (κ2) is 10.7. The van der Waals surface area contributed by atoms with E-state index in [0.717, 1.165) is 50.2 Å². The van der Waals surface area contributed by atoms with Crippen LogP contribution in [0.5, 0.6) is 5.75 Å². The molecule has 4 nitrogen and oxygen atoms in total. The van der Waals surface area contributed by atoms with E-state index in [9.17, 15) is 9.18 Å². The summed E-state index contributed by atoms with van der Waals surface area (Å²) < 4.78 is 24.3. The van der Waals surface area contributed by atoms with Gasteiger partial charge in [-0.15, -0.1) is 0 Å². The van der Waals surface area contributed by atoms with Crippen LogP contribution >= 0.6 is 0 Å². The first-order valence-corrected chi connectivity index (χ1v) is 12.3. The molecule has 0 unspecified atom stereocenters. The van der Waals surface area contributed by atoms with Crippen molar-refractivity contribution >= 4 is 11.5 Å². The van der Waals surface area contributed by atoms with Gasteiger partial charge in [-0.1, -0.05) is 37.6 Å². The van der Waals surface area contributed by atoms with E-state index in [-0.39, 0.29) is 17.7 Å². The number of ether oxygens (including phenoxy) is 2. The molecule has 1 atom stereocenters. The molecule has 182 valence electrons. The summed E-state index contributed by atoms with van der Waals surface area (Å²) in [6.07, 6.45) is 2.93. The average molecular weight is 466 g/mol. The maximum Gasteiger partial charge on any atom is 0.311 e. The van der Waals surface area contributed by atoms with Crippen LogP contribution < -0.4 is 4.74 Å². The number of nitrogens with zero attached hydrogens (tertiary/aromatic N) is 1. The number of carbonyl (C=O) groups excluding carboxylic acids is 1. The number of aryl methyl sites for hydroxylation is 1.